The van der Waals surface area contributed by atoms with Crippen LogP contribution in [-0.4, -0.2) is 45.2 Å². The van der Waals surface area contributed by atoms with Crippen molar-refractivity contribution >= 4 is 12.0 Å². The molecule has 0 aliphatic carbocycles. The van der Waals surface area contributed by atoms with Gasteiger partial charge in [-0.1, -0.05) is 30.3 Å². The second-order valence-corrected chi connectivity index (χ2v) is 6.31. The summed E-state index contributed by atoms with van der Waals surface area (Å²) in [5, 5.41) is 2.97. The molecule has 0 bridgehead atoms. The number of hydrogen-bond acceptors (Lipinski definition) is 4. The summed E-state index contributed by atoms with van der Waals surface area (Å²) in [7, 11) is 5.63. The summed E-state index contributed by atoms with van der Waals surface area (Å²) >= 11 is 0. The number of methoxy groups -OCH3 is 1. The van der Waals surface area contributed by atoms with E-state index in [2.05, 4.69) is 10.2 Å². The van der Waals surface area contributed by atoms with Crippen LogP contribution in [0.5, 0.6) is 11.5 Å². The molecule has 0 radical (unpaired) electrons. The van der Waals surface area contributed by atoms with Gasteiger partial charge in [0.1, 0.15) is 11.5 Å². The lowest BCUT2D eigenvalue weighted by Crippen LogP contribution is -2.33. The lowest BCUT2D eigenvalue weighted by atomic mass is 10.1. The smallest absolute Gasteiger partial charge is 0.244 e. The molecule has 0 saturated carbocycles. The van der Waals surface area contributed by atoms with Crippen LogP contribution in [0.25, 0.3) is 6.08 Å². The molecule has 0 saturated heterocycles. The number of ether oxygens (including phenoxy) is 2. The van der Waals surface area contributed by atoms with Gasteiger partial charge in [0, 0.05) is 18.2 Å². The maximum atomic E-state index is 12.3. The quantitative estimate of drug-likeness (QED) is 0.688. The fourth-order valence-electron chi connectivity index (χ4n) is 2.77. The Balaban J connectivity index is 2.02. The van der Waals surface area contributed by atoms with Gasteiger partial charge in [0.2, 0.25) is 5.91 Å². The van der Waals surface area contributed by atoms with Crippen LogP contribution in [0.15, 0.2) is 54.6 Å². The molecule has 5 heteroatoms. The first-order chi connectivity index (χ1) is 13.0. The molecular weight excluding hydrogens is 340 g/mol. The summed E-state index contributed by atoms with van der Waals surface area (Å²) in [6.45, 7) is 3.02. The fourth-order valence-corrected chi connectivity index (χ4v) is 2.77. The van der Waals surface area contributed by atoms with E-state index in [9.17, 15) is 4.79 Å². The zero-order chi connectivity index (χ0) is 19.6. The number of benzene rings is 2. The van der Waals surface area contributed by atoms with Gasteiger partial charge in [0.15, 0.2) is 0 Å². The monoisotopic (exact) mass is 368 g/mol. The summed E-state index contributed by atoms with van der Waals surface area (Å²) in [5.41, 5.74) is 1.97. The highest BCUT2D eigenvalue weighted by atomic mass is 16.5. The van der Waals surface area contributed by atoms with Crippen molar-refractivity contribution in [2.45, 2.75) is 13.0 Å². The minimum Gasteiger partial charge on any atom is -0.497 e. The van der Waals surface area contributed by atoms with Crippen molar-refractivity contribution in [1.29, 1.82) is 0 Å². The molecule has 0 spiro atoms. The van der Waals surface area contributed by atoms with Crippen LogP contribution in [0.4, 0.5) is 0 Å². The number of carbonyl (C=O) groups is 1. The Labute approximate surface area is 161 Å². The van der Waals surface area contributed by atoms with Gasteiger partial charge < -0.3 is 19.7 Å². The molecule has 1 atom stereocenters. The van der Waals surface area contributed by atoms with Gasteiger partial charge in [0.05, 0.1) is 19.8 Å². The van der Waals surface area contributed by atoms with Crippen molar-refractivity contribution in [2.24, 2.45) is 0 Å². The Kier molecular flexibility index (Phi) is 7.89. The van der Waals surface area contributed by atoms with E-state index in [0.29, 0.717) is 13.2 Å². The molecule has 2 rings (SSSR count). The van der Waals surface area contributed by atoms with E-state index < -0.39 is 0 Å². The van der Waals surface area contributed by atoms with Gasteiger partial charge in [-0.3, -0.25) is 4.79 Å². The van der Waals surface area contributed by atoms with Crippen LogP contribution in [-0.2, 0) is 4.79 Å². The predicted molar refractivity (Wildman–Crippen MR) is 109 cm³/mol. The molecule has 2 aromatic rings. The Morgan fingerprint density at radius 2 is 1.96 bits per heavy atom. The number of likely N-dealkylation sites (N-methyl/N-ethyl adjacent to an activating group) is 1. The van der Waals surface area contributed by atoms with Crippen molar-refractivity contribution in [3.8, 4) is 11.5 Å². The third-order valence-electron chi connectivity index (χ3n) is 4.20. The van der Waals surface area contributed by atoms with Crippen molar-refractivity contribution in [3.05, 3.63) is 65.7 Å². The molecule has 144 valence electrons. The number of carbonyl (C=O) groups excluding carboxylic acids is 1. The zero-order valence-corrected chi connectivity index (χ0v) is 16.4. The Morgan fingerprint density at radius 3 is 2.67 bits per heavy atom. The third kappa shape index (κ3) is 6.15. The molecule has 0 heterocycles. The Morgan fingerprint density at radius 1 is 1.19 bits per heavy atom. The summed E-state index contributed by atoms with van der Waals surface area (Å²) in [6.07, 6.45) is 3.31. The third-order valence-corrected chi connectivity index (χ3v) is 4.20. The van der Waals surface area contributed by atoms with Crippen molar-refractivity contribution < 1.29 is 14.3 Å². The first kappa shape index (κ1) is 20.5. The number of hydrogen-bond donors (Lipinski definition) is 1. The van der Waals surface area contributed by atoms with Gasteiger partial charge in [-0.2, -0.15) is 0 Å². The molecule has 1 N–H and O–H groups in total. The van der Waals surface area contributed by atoms with Crippen molar-refractivity contribution in [1.82, 2.24) is 10.2 Å². The lowest BCUT2D eigenvalue weighted by molar-refractivity contribution is -0.116. The standard InChI is InChI=1S/C22H28N2O3/c1-5-27-21-12-7-6-9-17(21)13-14-22(25)23-16-20(24(2)3)18-10-8-11-19(15-18)26-4/h6-15,20H,5,16H2,1-4H3,(H,23,25)/b14-13+. The predicted octanol–water partition coefficient (Wildman–Crippen LogP) is 3.53. The largest absolute Gasteiger partial charge is 0.497 e. The number of nitrogens with one attached hydrogen (secondary N) is 1. The Hall–Kier alpha value is -2.79. The molecule has 1 amide bonds. The second-order valence-electron chi connectivity index (χ2n) is 6.31. The summed E-state index contributed by atoms with van der Waals surface area (Å²) < 4.78 is 10.9. The van der Waals surface area contributed by atoms with Crippen molar-refractivity contribution in [2.75, 3.05) is 34.4 Å². The zero-order valence-electron chi connectivity index (χ0n) is 16.4. The maximum Gasteiger partial charge on any atom is 0.244 e. The molecule has 0 aliphatic rings. The first-order valence-electron chi connectivity index (χ1n) is 9.03. The summed E-state index contributed by atoms with van der Waals surface area (Å²) in [5.74, 6) is 1.43. The highest BCUT2D eigenvalue weighted by molar-refractivity contribution is 5.92. The Bertz CT molecular complexity index is 772. The van der Waals surface area contributed by atoms with Gasteiger partial charge in [-0.05, 0) is 50.9 Å². The molecule has 2 aromatic carbocycles. The molecule has 0 aromatic heterocycles. The number of nitrogens with zero attached hydrogens (tertiary/aromatic N) is 1. The number of rotatable bonds is 9. The number of para-hydroxylation sites is 1. The fraction of sp³-hybridized carbons (Fsp3) is 0.318. The average Bonchev–Trinajstić information content (AvgIpc) is 2.67. The molecule has 1 unspecified atom stereocenters. The number of amides is 1. The SMILES string of the molecule is CCOc1ccccc1/C=C/C(=O)NCC(c1cccc(OC)c1)N(C)C. The minimum absolute atomic E-state index is 0.0492. The van der Waals surface area contributed by atoms with E-state index >= 15 is 0 Å². The molecule has 27 heavy (non-hydrogen) atoms. The normalized spacial score (nSPS) is 12.2. The van der Waals surface area contributed by atoms with Crippen molar-refractivity contribution in [3.63, 3.8) is 0 Å². The molecule has 5 nitrogen and oxygen atoms in total. The highest BCUT2D eigenvalue weighted by Gasteiger charge is 2.15. The minimum atomic E-state index is -0.143. The van der Waals surface area contributed by atoms with E-state index in [0.717, 1.165) is 22.6 Å². The van der Waals surface area contributed by atoms with Gasteiger partial charge in [-0.15, -0.1) is 0 Å². The van der Waals surface area contributed by atoms with Crippen LogP contribution in [0.3, 0.4) is 0 Å². The van der Waals surface area contributed by atoms with Crippen LogP contribution < -0.4 is 14.8 Å². The summed E-state index contributed by atoms with van der Waals surface area (Å²) in [4.78, 5) is 14.4. The van der Waals surface area contributed by atoms with Crippen LogP contribution in [0, 0.1) is 0 Å². The highest BCUT2D eigenvalue weighted by Crippen LogP contribution is 2.22. The van der Waals surface area contributed by atoms with Gasteiger partial charge in [0.25, 0.3) is 0 Å². The first-order valence-corrected chi connectivity index (χ1v) is 9.03. The molecule has 0 aliphatic heterocycles. The van der Waals surface area contributed by atoms with Gasteiger partial charge in [-0.25, -0.2) is 0 Å². The van der Waals surface area contributed by atoms with Gasteiger partial charge >= 0.3 is 0 Å². The second kappa shape index (κ2) is 10.4. The van der Waals surface area contributed by atoms with E-state index in [1.165, 1.54) is 6.08 Å². The topological polar surface area (TPSA) is 50.8 Å². The van der Waals surface area contributed by atoms with E-state index in [1.54, 1.807) is 13.2 Å². The van der Waals surface area contributed by atoms with Crippen LogP contribution >= 0.6 is 0 Å². The maximum absolute atomic E-state index is 12.3. The van der Waals surface area contributed by atoms with E-state index in [1.807, 2.05) is 69.6 Å². The molecular formula is C22H28N2O3. The molecule has 0 fully saturated rings. The summed E-state index contributed by atoms with van der Waals surface area (Å²) in [6, 6.07) is 15.6. The average molecular weight is 368 g/mol. The van der Waals surface area contributed by atoms with E-state index in [4.69, 9.17) is 9.47 Å². The van der Waals surface area contributed by atoms with Crippen LogP contribution in [0.1, 0.15) is 24.1 Å². The van der Waals surface area contributed by atoms with Crippen LogP contribution in [0.2, 0.25) is 0 Å². The lowest BCUT2D eigenvalue weighted by Gasteiger charge is -2.25. The van der Waals surface area contributed by atoms with E-state index in [-0.39, 0.29) is 11.9 Å².